The van der Waals surface area contributed by atoms with Gasteiger partial charge in [-0.05, 0) is 48.9 Å². The van der Waals surface area contributed by atoms with Crippen LogP contribution in [0.5, 0.6) is 5.75 Å². The van der Waals surface area contributed by atoms with Gasteiger partial charge in [-0.2, -0.15) is 0 Å². The molecule has 0 unspecified atom stereocenters. The largest absolute Gasteiger partial charge is 0.494 e. The molecule has 0 aliphatic heterocycles. The van der Waals surface area contributed by atoms with Crippen molar-refractivity contribution in [3.05, 3.63) is 88.7 Å². The lowest BCUT2D eigenvalue weighted by Crippen LogP contribution is -2.31. The Labute approximate surface area is 176 Å². The molecule has 0 aliphatic rings. The second-order valence-corrected chi connectivity index (χ2v) is 7.22. The Bertz CT molecular complexity index is 970. The van der Waals surface area contributed by atoms with Gasteiger partial charge in [0.2, 0.25) is 5.91 Å². The van der Waals surface area contributed by atoms with Crippen LogP contribution in [0, 0.1) is 11.6 Å². The van der Waals surface area contributed by atoms with Crippen molar-refractivity contribution in [1.82, 2.24) is 4.98 Å². The van der Waals surface area contributed by atoms with Crippen LogP contribution in [-0.4, -0.2) is 17.5 Å². The summed E-state index contributed by atoms with van der Waals surface area (Å²) in [6.45, 7) is 0.431. The first-order valence-corrected chi connectivity index (χ1v) is 9.86. The molecule has 150 valence electrons. The van der Waals surface area contributed by atoms with E-state index in [0.717, 1.165) is 16.6 Å². The molecule has 0 N–H and O–H groups in total. The number of pyridine rings is 1. The number of ether oxygens (including phenoxy) is 1. The molecule has 1 aromatic heterocycles. The van der Waals surface area contributed by atoms with Gasteiger partial charge in [-0.3, -0.25) is 9.78 Å². The Morgan fingerprint density at radius 1 is 1.07 bits per heavy atom. The van der Waals surface area contributed by atoms with Gasteiger partial charge in [0.15, 0.2) is 0 Å². The van der Waals surface area contributed by atoms with E-state index in [1.54, 1.807) is 24.4 Å². The molecule has 0 saturated heterocycles. The molecule has 1 heterocycles. The highest BCUT2D eigenvalue weighted by molar-refractivity contribution is 9.10. The van der Waals surface area contributed by atoms with Gasteiger partial charge in [-0.25, -0.2) is 8.78 Å². The minimum Gasteiger partial charge on any atom is -0.494 e. The van der Waals surface area contributed by atoms with E-state index < -0.39 is 11.6 Å². The summed E-state index contributed by atoms with van der Waals surface area (Å²) in [7, 11) is 0. The van der Waals surface area contributed by atoms with E-state index in [4.69, 9.17) is 4.74 Å². The van der Waals surface area contributed by atoms with Crippen molar-refractivity contribution in [3.8, 4) is 5.75 Å². The molecule has 29 heavy (non-hydrogen) atoms. The van der Waals surface area contributed by atoms with Crippen LogP contribution in [0.1, 0.15) is 18.5 Å². The number of benzene rings is 2. The Morgan fingerprint density at radius 2 is 1.93 bits per heavy atom. The number of carbonyl (C=O) groups is 1. The van der Waals surface area contributed by atoms with Crippen molar-refractivity contribution in [2.75, 3.05) is 11.5 Å². The summed E-state index contributed by atoms with van der Waals surface area (Å²) in [4.78, 5) is 18.3. The van der Waals surface area contributed by atoms with Gasteiger partial charge in [-0.15, -0.1) is 0 Å². The van der Waals surface area contributed by atoms with Crippen LogP contribution in [0.3, 0.4) is 0 Å². The van der Waals surface area contributed by atoms with E-state index in [1.165, 1.54) is 11.0 Å². The monoisotopic (exact) mass is 460 g/mol. The third-order valence-corrected chi connectivity index (χ3v) is 4.64. The van der Waals surface area contributed by atoms with Gasteiger partial charge >= 0.3 is 0 Å². The second kappa shape index (κ2) is 10.1. The number of amides is 1. The standard InChI is InChI=1S/C22H19BrF2N2O2/c23-16-5-3-7-19(13-16)29-12-4-8-22(28)27(15-18-6-1-2-11-26-18)21-10-9-17(24)14-20(21)25/h1-3,5-7,9-11,13-14H,4,8,12,15H2. The molecule has 3 aromatic rings. The first-order chi connectivity index (χ1) is 14.0. The maximum atomic E-state index is 14.3. The lowest BCUT2D eigenvalue weighted by molar-refractivity contribution is -0.119. The van der Waals surface area contributed by atoms with Crippen LogP contribution in [0.25, 0.3) is 0 Å². The number of carbonyl (C=O) groups excluding carboxylic acids is 1. The van der Waals surface area contributed by atoms with Gasteiger partial charge in [0.05, 0.1) is 24.5 Å². The molecular formula is C22H19BrF2N2O2. The Hall–Kier alpha value is -2.80. The van der Waals surface area contributed by atoms with Crippen LogP contribution in [0.2, 0.25) is 0 Å². The number of hydrogen-bond acceptors (Lipinski definition) is 3. The fourth-order valence-corrected chi connectivity index (χ4v) is 3.14. The molecule has 0 saturated carbocycles. The van der Waals surface area contributed by atoms with Crippen molar-refractivity contribution in [3.63, 3.8) is 0 Å². The predicted molar refractivity (Wildman–Crippen MR) is 111 cm³/mol. The molecule has 2 aromatic carbocycles. The van der Waals surface area contributed by atoms with Crippen LogP contribution in [0.4, 0.5) is 14.5 Å². The molecule has 3 rings (SSSR count). The van der Waals surface area contributed by atoms with E-state index >= 15 is 0 Å². The quantitative estimate of drug-likeness (QED) is 0.416. The van der Waals surface area contributed by atoms with E-state index in [0.29, 0.717) is 24.5 Å². The predicted octanol–water partition coefficient (Wildman–Crippen LogP) is 5.51. The van der Waals surface area contributed by atoms with Crippen molar-refractivity contribution < 1.29 is 18.3 Å². The summed E-state index contributed by atoms with van der Waals surface area (Å²) in [6, 6.07) is 15.9. The SMILES string of the molecule is O=C(CCCOc1cccc(Br)c1)N(Cc1ccccn1)c1ccc(F)cc1F. The highest BCUT2D eigenvalue weighted by Gasteiger charge is 2.20. The molecule has 0 bridgehead atoms. The number of aromatic nitrogens is 1. The zero-order valence-corrected chi connectivity index (χ0v) is 17.1. The van der Waals surface area contributed by atoms with Crippen LogP contribution in [-0.2, 0) is 11.3 Å². The molecule has 7 heteroatoms. The summed E-state index contributed by atoms with van der Waals surface area (Å²) in [5.74, 6) is -1.08. The van der Waals surface area contributed by atoms with Crippen molar-refractivity contribution in [2.24, 2.45) is 0 Å². The van der Waals surface area contributed by atoms with E-state index in [1.807, 2.05) is 24.3 Å². The molecule has 4 nitrogen and oxygen atoms in total. The number of nitrogens with zero attached hydrogens (tertiary/aromatic N) is 2. The van der Waals surface area contributed by atoms with Gasteiger partial charge in [0.25, 0.3) is 0 Å². The summed E-state index contributed by atoms with van der Waals surface area (Å²) in [5.41, 5.74) is 0.630. The normalized spacial score (nSPS) is 10.6. The maximum absolute atomic E-state index is 14.3. The topological polar surface area (TPSA) is 42.4 Å². The van der Waals surface area contributed by atoms with Crippen LogP contribution in [0.15, 0.2) is 71.3 Å². The van der Waals surface area contributed by atoms with Gasteiger partial charge in [0, 0.05) is 23.2 Å². The first kappa shape index (κ1) is 20.9. The number of halogens is 3. The first-order valence-electron chi connectivity index (χ1n) is 9.06. The Morgan fingerprint density at radius 3 is 2.66 bits per heavy atom. The fourth-order valence-electron chi connectivity index (χ4n) is 2.77. The zero-order chi connectivity index (χ0) is 20.6. The smallest absolute Gasteiger partial charge is 0.227 e. The Kier molecular flexibility index (Phi) is 7.30. The zero-order valence-electron chi connectivity index (χ0n) is 15.5. The molecule has 0 spiro atoms. The molecule has 0 atom stereocenters. The summed E-state index contributed by atoms with van der Waals surface area (Å²) in [6.07, 6.45) is 2.20. The summed E-state index contributed by atoms with van der Waals surface area (Å²) >= 11 is 3.37. The minimum atomic E-state index is -0.792. The van der Waals surface area contributed by atoms with Crippen LogP contribution < -0.4 is 9.64 Å². The lowest BCUT2D eigenvalue weighted by Gasteiger charge is -2.23. The molecule has 0 aliphatic carbocycles. The van der Waals surface area contributed by atoms with Gasteiger partial charge in [0.1, 0.15) is 17.4 Å². The Balaban J connectivity index is 1.67. The molecular weight excluding hydrogens is 442 g/mol. The molecule has 1 amide bonds. The second-order valence-electron chi connectivity index (χ2n) is 6.31. The summed E-state index contributed by atoms with van der Waals surface area (Å²) < 4.78 is 34.2. The summed E-state index contributed by atoms with van der Waals surface area (Å²) in [5, 5.41) is 0. The van der Waals surface area contributed by atoms with Gasteiger partial charge < -0.3 is 9.64 Å². The van der Waals surface area contributed by atoms with E-state index in [9.17, 15) is 13.6 Å². The lowest BCUT2D eigenvalue weighted by atomic mass is 10.2. The molecule has 0 fully saturated rings. The van der Waals surface area contributed by atoms with Gasteiger partial charge in [-0.1, -0.05) is 28.1 Å². The fraction of sp³-hybridized carbons (Fsp3) is 0.182. The molecule has 0 radical (unpaired) electrons. The average Bonchev–Trinajstić information content (AvgIpc) is 2.71. The van der Waals surface area contributed by atoms with Crippen LogP contribution >= 0.6 is 15.9 Å². The van der Waals surface area contributed by atoms with E-state index in [2.05, 4.69) is 20.9 Å². The third-order valence-electron chi connectivity index (χ3n) is 4.15. The highest BCUT2D eigenvalue weighted by atomic mass is 79.9. The maximum Gasteiger partial charge on any atom is 0.227 e. The van der Waals surface area contributed by atoms with Crippen molar-refractivity contribution >= 4 is 27.5 Å². The number of hydrogen-bond donors (Lipinski definition) is 0. The number of rotatable bonds is 8. The third kappa shape index (κ3) is 6.09. The van der Waals surface area contributed by atoms with Crippen molar-refractivity contribution in [1.29, 1.82) is 0 Å². The minimum absolute atomic E-state index is 0.0231. The number of anilines is 1. The van der Waals surface area contributed by atoms with E-state index in [-0.39, 0.29) is 24.6 Å². The average molecular weight is 461 g/mol. The van der Waals surface area contributed by atoms with Crippen molar-refractivity contribution in [2.45, 2.75) is 19.4 Å². The highest BCUT2D eigenvalue weighted by Crippen LogP contribution is 2.23.